The summed E-state index contributed by atoms with van der Waals surface area (Å²) in [6.45, 7) is 1.43. The van der Waals surface area contributed by atoms with Crippen molar-refractivity contribution in [2.24, 2.45) is 0 Å². The van der Waals surface area contributed by atoms with E-state index in [1.54, 1.807) is 31.4 Å². The van der Waals surface area contributed by atoms with Crippen molar-refractivity contribution in [3.63, 3.8) is 0 Å². The van der Waals surface area contributed by atoms with Crippen LogP contribution in [0.1, 0.15) is 17.3 Å². The predicted molar refractivity (Wildman–Crippen MR) is 89.6 cm³/mol. The standard InChI is InChI=1S/C17H16ClNO5/c1-10(16(21)19-12-4-6-13(23-2)7-5-12)24-17(22)14-8-3-11(18)9-15(14)20/h3-10,20H,1-2H3,(H,19,21)/t10-/m1/s1. The molecule has 0 spiro atoms. The van der Waals surface area contributed by atoms with E-state index in [1.165, 1.54) is 25.1 Å². The Morgan fingerprint density at radius 3 is 2.42 bits per heavy atom. The number of hydrogen-bond acceptors (Lipinski definition) is 5. The highest BCUT2D eigenvalue weighted by Crippen LogP contribution is 2.23. The average molecular weight is 350 g/mol. The summed E-state index contributed by atoms with van der Waals surface area (Å²) >= 11 is 5.70. The second-order valence-electron chi connectivity index (χ2n) is 4.93. The van der Waals surface area contributed by atoms with Crippen LogP contribution >= 0.6 is 11.6 Å². The SMILES string of the molecule is COc1ccc(NC(=O)[C@@H](C)OC(=O)c2ccc(Cl)cc2O)cc1. The minimum absolute atomic E-state index is 0.0662. The van der Waals surface area contributed by atoms with E-state index < -0.39 is 18.0 Å². The molecule has 1 atom stereocenters. The molecule has 2 aromatic rings. The van der Waals surface area contributed by atoms with E-state index in [1.807, 2.05) is 0 Å². The molecule has 0 bridgehead atoms. The maximum Gasteiger partial charge on any atom is 0.342 e. The van der Waals surface area contributed by atoms with Gasteiger partial charge in [0.2, 0.25) is 0 Å². The van der Waals surface area contributed by atoms with Crippen LogP contribution in [-0.4, -0.2) is 30.2 Å². The van der Waals surface area contributed by atoms with E-state index in [2.05, 4.69) is 5.32 Å². The van der Waals surface area contributed by atoms with Crippen LogP contribution in [0.2, 0.25) is 5.02 Å². The second-order valence-corrected chi connectivity index (χ2v) is 5.36. The number of ether oxygens (including phenoxy) is 2. The van der Waals surface area contributed by atoms with Crippen molar-refractivity contribution in [1.82, 2.24) is 0 Å². The van der Waals surface area contributed by atoms with Crippen molar-refractivity contribution in [3.05, 3.63) is 53.1 Å². The van der Waals surface area contributed by atoms with Crippen molar-refractivity contribution in [1.29, 1.82) is 0 Å². The van der Waals surface area contributed by atoms with Gasteiger partial charge < -0.3 is 19.9 Å². The molecular formula is C17H16ClNO5. The first-order valence-electron chi connectivity index (χ1n) is 7.05. The zero-order valence-electron chi connectivity index (χ0n) is 13.1. The van der Waals surface area contributed by atoms with Crippen molar-refractivity contribution in [3.8, 4) is 11.5 Å². The summed E-state index contributed by atoms with van der Waals surface area (Å²) in [5.41, 5.74) is 0.474. The Kier molecular flexibility index (Phi) is 5.65. The van der Waals surface area contributed by atoms with Gasteiger partial charge in [0.1, 0.15) is 17.1 Å². The van der Waals surface area contributed by atoms with Crippen molar-refractivity contribution in [2.45, 2.75) is 13.0 Å². The van der Waals surface area contributed by atoms with E-state index in [4.69, 9.17) is 21.1 Å². The molecule has 0 aliphatic rings. The molecule has 0 saturated heterocycles. The number of esters is 1. The maximum absolute atomic E-state index is 12.1. The first-order valence-corrected chi connectivity index (χ1v) is 7.43. The smallest absolute Gasteiger partial charge is 0.342 e. The molecular weight excluding hydrogens is 334 g/mol. The van der Waals surface area contributed by atoms with Crippen LogP contribution in [0.4, 0.5) is 5.69 Å². The number of amides is 1. The zero-order chi connectivity index (χ0) is 17.7. The fourth-order valence-corrected chi connectivity index (χ4v) is 2.04. The van der Waals surface area contributed by atoms with Gasteiger partial charge in [-0.25, -0.2) is 4.79 Å². The Balaban J connectivity index is 1.98. The van der Waals surface area contributed by atoms with Gasteiger partial charge in [-0.05, 0) is 49.4 Å². The highest BCUT2D eigenvalue weighted by atomic mass is 35.5. The second kappa shape index (κ2) is 7.70. The quantitative estimate of drug-likeness (QED) is 0.809. The Hall–Kier alpha value is -2.73. The molecule has 0 saturated carbocycles. The molecule has 0 fully saturated rings. The number of hydrogen-bond donors (Lipinski definition) is 2. The average Bonchev–Trinajstić information content (AvgIpc) is 2.55. The van der Waals surface area contributed by atoms with Gasteiger partial charge in [-0.15, -0.1) is 0 Å². The molecule has 0 aliphatic heterocycles. The fraction of sp³-hybridized carbons (Fsp3) is 0.176. The lowest BCUT2D eigenvalue weighted by Gasteiger charge is -2.14. The summed E-state index contributed by atoms with van der Waals surface area (Å²) < 4.78 is 10.1. The molecule has 2 aromatic carbocycles. The van der Waals surface area contributed by atoms with Crippen LogP contribution in [0.25, 0.3) is 0 Å². The Morgan fingerprint density at radius 2 is 1.83 bits per heavy atom. The van der Waals surface area contributed by atoms with Gasteiger partial charge in [0.15, 0.2) is 6.10 Å². The minimum Gasteiger partial charge on any atom is -0.507 e. The first-order chi connectivity index (χ1) is 11.4. The van der Waals surface area contributed by atoms with E-state index in [0.29, 0.717) is 11.4 Å². The normalized spacial score (nSPS) is 11.5. The minimum atomic E-state index is -1.05. The number of aromatic hydroxyl groups is 1. The molecule has 0 aliphatic carbocycles. The molecule has 0 unspecified atom stereocenters. The topological polar surface area (TPSA) is 84.9 Å². The third-order valence-electron chi connectivity index (χ3n) is 3.19. The molecule has 0 radical (unpaired) electrons. The Labute approximate surface area is 144 Å². The molecule has 0 heterocycles. The monoisotopic (exact) mass is 349 g/mol. The number of phenols is 1. The molecule has 1 amide bonds. The third kappa shape index (κ3) is 4.39. The first kappa shape index (κ1) is 17.6. The van der Waals surface area contributed by atoms with Crippen LogP contribution in [-0.2, 0) is 9.53 Å². The number of anilines is 1. The number of halogens is 1. The van der Waals surface area contributed by atoms with Crippen molar-refractivity contribution in [2.75, 3.05) is 12.4 Å². The summed E-state index contributed by atoms with van der Waals surface area (Å²) in [5.74, 6) is -0.968. The van der Waals surface area contributed by atoms with Gasteiger partial charge in [0, 0.05) is 10.7 Å². The van der Waals surface area contributed by atoms with Crippen LogP contribution in [0.5, 0.6) is 11.5 Å². The van der Waals surface area contributed by atoms with Crippen LogP contribution in [0, 0.1) is 0 Å². The number of carbonyl (C=O) groups is 2. The summed E-state index contributed by atoms with van der Waals surface area (Å²) in [4.78, 5) is 24.1. The van der Waals surface area contributed by atoms with Gasteiger partial charge in [0.05, 0.1) is 7.11 Å². The summed E-state index contributed by atoms with van der Waals surface area (Å²) in [5, 5.41) is 12.6. The van der Waals surface area contributed by atoms with Gasteiger partial charge in [-0.1, -0.05) is 11.6 Å². The lowest BCUT2D eigenvalue weighted by atomic mass is 10.2. The number of nitrogens with one attached hydrogen (secondary N) is 1. The van der Waals surface area contributed by atoms with E-state index >= 15 is 0 Å². The van der Waals surface area contributed by atoms with Crippen molar-refractivity contribution < 1.29 is 24.2 Å². The van der Waals surface area contributed by atoms with Gasteiger partial charge >= 0.3 is 5.97 Å². The molecule has 7 heteroatoms. The number of phenolic OH excluding ortho intramolecular Hbond substituents is 1. The predicted octanol–water partition coefficient (Wildman–Crippen LogP) is 3.24. The summed E-state index contributed by atoms with van der Waals surface area (Å²) in [6.07, 6.45) is -1.05. The third-order valence-corrected chi connectivity index (χ3v) is 3.43. The molecule has 24 heavy (non-hydrogen) atoms. The van der Waals surface area contributed by atoms with E-state index in [0.717, 1.165) is 0 Å². The number of methoxy groups -OCH3 is 1. The van der Waals surface area contributed by atoms with Gasteiger partial charge in [0.25, 0.3) is 5.91 Å². The molecule has 2 rings (SSSR count). The van der Waals surface area contributed by atoms with Crippen LogP contribution < -0.4 is 10.1 Å². The largest absolute Gasteiger partial charge is 0.507 e. The highest BCUT2D eigenvalue weighted by Gasteiger charge is 2.21. The Morgan fingerprint density at radius 1 is 1.17 bits per heavy atom. The lowest BCUT2D eigenvalue weighted by molar-refractivity contribution is -0.123. The highest BCUT2D eigenvalue weighted by molar-refractivity contribution is 6.30. The number of carbonyl (C=O) groups excluding carboxylic acids is 2. The van der Waals surface area contributed by atoms with E-state index in [9.17, 15) is 14.7 Å². The summed E-state index contributed by atoms with van der Waals surface area (Å²) in [6, 6.07) is 10.7. The fourth-order valence-electron chi connectivity index (χ4n) is 1.87. The number of benzene rings is 2. The van der Waals surface area contributed by atoms with Crippen LogP contribution in [0.3, 0.4) is 0 Å². The van der Waals surface area contributed by atoms with E-state index in [-0.39, 0.29) is 16.3 Å². The van der Waals surface area contributed by atoms with Crippen LogP contribution in [0.15, 0.2) is 42.5 Å². The molecule has 126 valence electrons. The van der Waals surface area contributed by atoms with Gasteiger partial charge in [-0.2, -0.15) is 0 Å². The summed E-state index contributed by atoms with van der Waals surface area (Å²) in [7, 11) is 1.54. The van der Waals surface area contributed by atoms with Gasteiger partial charge in [-0.3, -0.25) is 4.79 Å². The Bertz CT molecular complexity index is 745. The zero-order valence-corrected chi connectivity index (χ0v) is 13.8. The molecule has 6 nitrogen and oxygen atoms in total. The lowest BCUT2D eigenvalue weighted by Crippen LogP contribution is -2.30. The molecule has 2 N–H and O–H groups in total. The molecule has 0 aromatic heterocycles. The number of rotatable bonds is 5. The maximum atomic E-state index is 12.1. The van der Waals surface area contributed by atoms with Crippen molar-refractivity contribution >= 4 is 29.2 Å².